The summed E-state index contributed by atoms with van der Waals surface area (Å²) in [6.45, 7) is 6.70. The standard InChI is InChI=1S/C14H24N4/c1-3-12-8-13(17(2)16-12)10-18-7-6-15-9-14(18)11-4-5-11/h8,11,14-15H,3-7,9-10H2,1-2H3. The molecule has 1 saturated heterocycles. The molecular weight excluding hydrogens is 224 g/mol. The molecule has 0 spiro atoms. The van der Waals surface area contributed by atoms with Crippen molar-refractivity contribution < 1.29 is 0 Å². The zero-order valence-electron chi connectivity index (χ0n) is 11.5. The molecule has 1 N–H and O–H groups in total. The van der Waals surface area contributed by atoms with Crippen LogP contribution in [0.3, 0.4) is 0 Å². The molecule has 4 nitrogen and oxygen atoms in total. The van der Waals surface area contributed by atoms with E-state index in [0.29, 0.717) is 0 Å². The summed E-state index contributed by atoms with van der Waals surface area (Å²) in [6, 6.07) is 3.02. The van der Waals surface area contributed by atoms with E-state index in [9.17, 15) is 0 Å². The van der Waals surface area contributed by atoms with Gasteiger partial charge in [-0.05, 0) is 31.2 Å². The zero-order chi connectivity index (χ0) is 12.5. The minimum Gasteiger partial charge on any atom is -0.314 e. The van der Waals surface area contributed by atoms with Crippen LogP contribution in [0, 0.1) is 5.92 Å². The van der Waals surface area contributed by atoms with Crippen molar-refractivity contribution in [2.75, 3.05) is 19.6 Å². The van der Waals surface area contributed by atoms with Crippen molar-refractivity contribution in [1.29, 1.82) is 0 Å². The molecule has 2 heterocycles. The average molecular weight is 248 g/mol. The Morgan fingerprint density at radius 2 is 2.28 bits per heavy atom. The quantitative estimate of drug-likeness (QED) is 0.868. The van der Waals surface area contributed by atoms with E-state index in [1.54, 1.807) is 0 Å². The molecule has 1 aromatic heterocycles. The van der Waals surface area contributed by atoms with Crippen LogP contribution in [0.15, 0.2) is 6.07 Å². The number of aromatic nitrogens is 2. The smallest absolute Gasteiger partial charge is 0.0625 e. The number of nitrogens with one attached hydrogen (secondary N) is 1. The molecule has 4 heteroatoms. The van der Waals surface area contributed by atoms with Crippen LogP contribution in [0.1, 0.15) is 31.2 Å². The molecule has 1 unspecified atom stereocenters. The van der Waals surface area contributed by atoms with Crippen LogP contribution >= 0.6 is 0 Å². The monoisotopic (exact) mass is 248 g/mol. The van der Waals surface area contributed by atoms with E-state index >= 15 is 0 Å². The van der Waals surface area contributed by atoms with Gasteiger partial charge in [-0.15, -0.1) is 0 Å². The van der Waals surface area contributed by atoms with Crippen molar-refractivity contribution in [3.05, 3.63) is 17.5 Å². The van der Waals surface area contributed by atoms with Gasteiger partial charge in [0.1, 0.15) is 0 Å². The van der Waals surface area contributed by atoms with Gasteiger partial charge in [-0.2, -0.15) is 5.10 Å². The van der Waals surface area contributed by atoms with Crippen molar-refractivity contribution >= 4 is 0 Å². The molecule has 18 heavy (non-hydrogen) atoms. The lowest BCUT2D eigenvalue weighted by Crippen LogP contribution is -2.51. The molecular formula is C14H24N4. The molecule has 0 bridgehead atoms. The highest BCUT2D eigenvalue weighted by Gasteiger charge is 2.36. The van der Waals surface area contributed by atoms with Crippen molar-refractivity contribution in [2.45, 2.75) is 38.8 Å². The Morgan fingerprint density at radius 1 is 1.44 bits per heavy atom. The SMILES string of the molecule is CCc1cc(CN2CCNCC2C2CC2)n(C)n1. The second-order valence-electron chi connectivity index (χ2n) is 5.68. The lowest BCUT2D eigenvalue weighted by Gasteiger charge is -2.36. The van der Waals surface area contributed by atoms with Crippen LogP contribution in [-0.2, 0) is 20.0 Å². The van der Waals surface area contributed by atoms with Gasteiger partial charge in [0.15, 0.2) is 0 Å². The molecule has 0 aromatic carbocycles. The predicted molar refractivity (Wildman–Crippen MR) is 72.4 cm³/mol. The Labute approximate surface area is 109 Å². The van der Waals surface area contributed by atoms with Gasteiger partial charge in [-0.1, -0.05) is 6.92 Å². The van der Waals surface area contributed by atoms with Crippen LogP contribution in [-0.4, -0.2) is 40.4 Å². The topological polar surface area (TPSA) is 33.1 Å². The Morgan fingerprint density at radius 3 is 2.94 bits per heavy atom. The van der Waals surface area contributed by atoms with Crippen molar-refractivity contribution in [2.24, 2.45) is 13.0 Å². The van der Waals surface area contributed by atoms with Gasteiger partial charge in [-0.3, -0.25) is 9.58 Å². The fraction of sp³-hybridized carbons (Fsp3) is 0.786. The molecule has 1 aliphatic carbocycles. The van der Waals surface area contributed by atoms with Crippen LogP contribution in [0.4, 0.5) is 0 Å². The van der Waals surface area contributed by atoms with E-state index in [0.717, 1.165) is 31.5 Å². The predicted octanol–water partition coefficient (Wildman–Crippen LogP) is 1.17. The fourth-order valence-corrected chi connectivity index (χ4v) is 3.01. The Balaban J connectivity index is 1.71. The first-order valence-corrected chi connectivity index (χ1v) is 7.24. The minimum absolute atomic E-state index is 0.749. The number of piperazine rings is 1. The van der Waals surface area contributed by atoms with Gasteiger partial charge in [0, 0.05) is 39.3 Å². The zero-order valence-corrected chi connectivity index (χ0v) is 11.5. The maximum Gasteiger partial charge on any atom is 0.0625 e. The summed E-state index contributed by atoms with van der Waals surface area (Å²) in [5.41, 5.74) is 2.57. The second-order valence-corrected chi connectivity index (χ2v) is 5.68. The Kier molecular flexibility index (Phi) is 3.39. The summed E-state index contributed by atoms with van der Waals surface area (Å²) < 4.78 is 2.06. The van der Waals surface area contributed by atoms with E-state index in [2.05, 4.69) is 40.0 Å². The highest BCUT2D eigenvalue weighted by Crippen LogP contribution is 2.36. The van der Waals surface area contributed by atoms with E-state index in [1.807, 2.05) is 0 Å². The number of nitrogens with zero attached hydrogens (tertiary/aromatic N) is 3. The van der Waals surface area contributed by atoms with Gasteiger partial charge >= 0.3 is 0 Å². The Bertz CT molecular complexity index is 408. The van der Waals surface area contributed by atoms with Gasteiger partial charge in [0.2, 0.25) is 0 Å². The molecule has 3 rings (SSSR count). The van der Waals surface area contributed by atoms with Gasteiger partial charge in [0.25, 0.3) is 0 Å². The number of aryl methyl sites for hydroxylation is 2. The first kappa shape index (κ1) is 12.2. The van der Waals surface area contributed by atoms with Crippen molar-refractivity contribution in [3.63, 3.8) is 0 Å². The van der Waals surface area contributed by atoms with Crippen LogP contribution < -0.4 is 5.32 Å². The van der Waals surface area contributed by atoms with Gasteiger partial charge < -0.3 is 5.32 Å². The van der Waals surface area contributed by atoms with Gasteiger partial charge in [0.05, 0.1) is 11.4 Å². The maximum atomic E-state index is 4.55. The van der Waals surface area contributed by atoms with E-state index in [4.69, 9.17) is 0 Å². The molecule has 1 aliphatic heterocycles. The lowest BCUT2D eigenvalue weighted by atomic mass is 10.1. The molecule has 2 fully saturated rings. The molecule has 2 aliphatic rings. The summed E-state index contributed by atoms with van der Waals surface area (Å²) in [4.78, 5) is 2.66. The number of rotatable bonds is 4. The summed E-state index contributed by atoms with van der Waals surface area (Å²) in [5.74, 6) is 0.941. The summed E-state index contributed by atoms with van der Waals surface area (Å²) >= 11 is 0. The maximum absolute atomic E-state index is 4.55. The highest BCUT2D eigenvalue weighted by molar-refractivity contribution is 5.11. The van der Waals surface area contributed by atoms with Crippen molar-refractivity contribution in [1.82, 2.24) is 20.0 Å². The molecule has 1 saturated carbocycles. The third kappa shape index (κ3) is 2.45. The van der Waals surface area contributed by atoms with E-state index in [-0.39, 0.29) is 0 Å². The average Bonchev–Trinajstić information content (AvgIpc) is 3.16. The largest absolute Gasteiger partial charge is 0.314 e. The summed E-state index contributed by atoms with van der Waals surface area (Å²) in [6.07, 6.45) is 3.88. The van der Waals surface area contributed by atoms with E-state index in [1.165, 1.54) is 37.3 Å². The van der Waals surface area contributed by atoms with Crippen LogP contribution in [0.25, 0.3) is 0 Å². The second kappa shape index (κ2) is 5.02. The van der Waals surface area contributed by atoms with E-state index < -0.39 is 0 Å². The third-order valence-corrected chi connectivity index (χ3v) is 4.32. The minimum atomic E-state index is 0.749. The number of hydrogen-bond donors (Lipinski definition) is 1. The normalized spacial score (nSPS) is 25.6. The molecule has 1 atom stereocenters. The molecule has 0 amide bonds. The summed E-state index contributed by atoms with van der Waals surface area (Å²) in [5, 5.41) is 8.09. The van der Waals surface area contributed by atoms with Crippen LogP contribution in [0.5, 0.6) is 0 Å². The lowest BCUT2D eigenvalue weighted by molar-refractivity contribution is 0.132. The van der Waals surface area contributed by atoms with Crippen molar-refractivity contribution in [3.8, 4) is 0 Å². The molecule has 1 aromatic rings. The van der Waals surface area contributed by atoms with Gasteiger partial charge in [-0.25, -0.2) is 0 Å². The number of hydrogen-bond acceptors (Lipinski definition) is 3. The third-order valence-electron chi connectivity index (χ3n) is 4.32. The highest BCUT2D eigenvalue weighted by atomic mass is 15.3. The molecule has 100 valence electrons. The van der Waals surface area contributed by atoms with Crippen LogP contribution in [0.2, 0.25) is 0 Å². The summed E-state index contributed by atoms with van der Waals surface area (Å²) in [7, 11) is 2.07. The first-order valence-electron chi connectivity index (χ1n) is 7.24. The molecule has 0 radical (unpaired) electrons. The Hall–Kier alpha value is -0.870. The fourth-order valence-electron chi connectivity index (χ4n) is 3.01. The first-order chi connectivity index (χ1) is 8.78.